The molecule has 2 N–H and O–H groups in total. The van der Waals surface area contributed by atoms with Gasteiger partial charge >= 0.3 is 0 Å². The van der Waals surface area contributed by atoms with Crippen molar-refractivity contribution < 1.29 is 9.53 Å². The number of ether oxygens (including phenoxy) is 1. The van der Waals surface area contributed by atoms with Crippen molar-refractivity contribution in [1.82, 2.24) is 25.1 Å². The van der Waals surface area contributed by atoms with E-state index >= 15 is 0 Å². The maximum absolute atomic E-state index is 12.3. The van der Waals surface area contributed by atoms with Crippen LogP contribution < -0.4 is 15.4 Å². The van der Waals surface area contributed by atoms with E-state index in [0.717, 1.165) is 16.9 Å². The molecule has 0 aliphatic heterocycles. The van der Waals surface area contributed by atoms with Gasteiger partial charge in [-0.3, -0.25) is 4.79 Å². The molecule has 0 aliphatic rings. The highest BCUT2D eigenvalue weighted by Crippen LogP contribution is 2.13. The Hall–Kier alpha value is -3.94. The quantitative estimate of drug-likeness (QED) is 0.459. The van der Waals surface area contributed by atoms with E-state index in [2.05, 4.69) is 25.9 Å². The fraction of sp³-hybridized carbons (Fsp3) is 0.217. The molecule has 0 fully saturated rings. The monoisotopic (exact) mass is 416 g/mol. The van der Waals surface area contributed by atoms with Crippen LogP contribution in [-0.2, 0) is 13.0 Å². The Kier molecular flexibility index (Phi) is 6.07. The summed E-state index contributed by atoms with van der Waals surface area (Å²) in [6, 6.07) is 19.1. The summed E-state index contributed by atoms with van der Waals surface area (Å²) in [6.07, 6.45) is 0.522. The van der Waals surface area contributed by atoms with Crippen molar-refractivity contribution in [2.75, 3.05) is 19.0 Å². The molecule has 0 unspecified atom stereocenters. The summed E-state index contributed by atoms with van der Waals surface area (Å²) in [7, 11) is 1.65. The van der Waals surface area contributed by atoms with Gasteiger partial charge in [0.05, 0.1) is 7.11 Å². The minimum Gasteiger partial charge on any atom is -0.497 e. The Morgan fingerprint density at radius 3 is 2.52 bits per heavy atom. The van der Waals surface area contributed by atoms with E-state index in [1.807, 2.05) is 67.6 Å². The Bertz CT molecular complexity index is 1170. The highest BCUT2D eigenvalue weighted by Gasteiger charge is 2.10. The largest absolute Gasteiger partial charge is 0.497 e. The van der Waals surface area contributed by atoms with Gasteiger partial charge < -0.3 is 15.4 Å². The number of methoxy groups -OCH3 is 1. The zero-order valence-corrected chi connectivity index (χ0v) is 17.5. The number of rotatable bonds is 8. The number of nitrogens with zero attached hydrogens (tertiary/aromatic N) is 4. The van der Waals surface area contributed by atoms with Crippen LogP contribution in [0.25, 0.3) is 5.65 Å². The number of carbonyl (C=O) groups is 1. The molecule has 8 nitrogen and oxygen atoms in total. The van der Waals surface area contributed by atoms with E-state index in [1.54, 1.807) is 11.6 Å². The van der Waals surface area contributed by atoms with Crippen molar-refractivity contribution in [2.24, 2.45) is 0 Å². The molecule has 2 aromatic heterocycles. The molecule has 0 spiro atoms. The van der Waals surface area contributed by atoms with Crippen molar-refractivity contribution in [3.05, 3.63) is 83.2 Å². The van der Waals surface area contributed by atoms with Crippen LogP contribution in [0, 0.1) is 6.92 Å². The van der Waals surface area contributed by atoms with Crippen molar-refractivity contribution in [3.8, 4) is 5.75 Å². The van der Waals surface area contributed by atoms with E-state index in [-0.39, 0.29) is 5.91 Å². The second-order valence-corrected chi connectivity index (χ2v) is 7.18. The summed E-state index contributed by atoms with van der Waals surface area (Å²) in [4.78, 5) is 12.3. The maximum Gasteiger partial charge on any atom is 0.251 e. The molecule has 2 aromatic carbocycles. The molecule has 0 atom stereocenters. The van der Waals surface area contributed by atoms with Crippen LogP contribution in [0.1, 0.15) is 27.3 Å². The molecule has 2 heterocycles. The van der Waals surface area contributed by atoms with Gasteiger partial charge in [0, 0.05) is 25.1 Å². The van der Waals surface area contributed by atoms with Crippen LogP contribution in [0.2, 0.25) is 0 Å². The first-order valence-electron chi connectivity index (χ1n) is 10.1. The van der Waals surface area contributed by atoms with Crippen LogP contribution in [0.4, 0.5) is 5.82 Å². The standard InChI is InChI=1S/C23H24N6O2/c1-16-3-7-18(8-4-16)23(30)24-14-13-22-27-26-21-12-11-20(28-29(21)22)25-15-17-5-9-19(31-2)10-6-17/h3-12H,13-15H2,1-2H3,(H,24,30)(H,25,28). The number of amides is 1. The van der Waals surface area contributed by atoms with Crippen molar-refractivity contribution in [1.29, 1.82) is 0 Å². The molecule has 4 rings (SSSR count). The van der Waals surface area contributed by atoms with Gasteiger partial charge in [-0.15, -0.1) is 15.3 Å². The molecule has 1 amide bonds. The first-order valence-corrected chi connectivity index (χ1v) is 10.1. The lowest BCUT2D eigenvalue weighted by molar-refractivity contribution is 0.0954. The van der Waals surface area contributed by atoms with Gasteiger partial charge in [-0.05, 0) is 48.9 Å². The number of carbonyl (C=O) groups excluding carboxylic acids is 1. The van der Waals surface area contributed by atoms with Crippen LogP contribution in [0.15, 0.2) is 60.7 Å². The molecule has 0 aliphatic carbocycles. The first kappa shape index (κ1) is 20.3. The van der Waals surface area contributed by atoms with E-state index in [4.69, 9.17) is 4.74 Å². The molecular weight excluding hydrogens is 392 g/mol. The number of benzene rings is 2. The zero-order valence-electron chi connectivity index (χ0n) is 17.5. The summed E-state index contributed by atoms with van der Waals surface area (Å²) in [5.74, 6) is 2.12. The summed E-state index contributed by atoms with van der Waals surface area (Å²) < 4.78 is 6.89. The normalized spacial score (nSPS) is 10.8. The Balaban J connectivity index is 1.37. The lowest BCUT2D eigenvalue weighted by Crippen LogP contribution is -2.26. The summed E-state index contributed by atoms with van der Waals surface area (Å²) in [5, 5.41) is 19.2. The van der Waals surface area contributed by atoms with Crippen molar-refractivity contribution in [2.45, 2.75) is 19.9 Å². The molecular formula is C23H24N6O2. The molecule has 31 heavy (non-hydrogen) atoms. The molecule has 158 valence electrons. The summed E-state index contributed by atoms with van der Waals surface area (Å²) in [6.45, 7) is 3.07. The number of nitrogens with one attached hydrogen (secondary N) is 2. The second-order valence-electron chi connectivity index (χ2n) is 7.18. The molecule has 8 heteroatoms. The van der Waals surface area contributed by atoms with Gasteiger partial charge in [-0.25, -0.2) is 0 Å². The minimum absolute atomic E-state index is 0.108. The molecule has 0 radical (unpaired) electrons. The van der Waals surface area contributed by atoms with Crippen LogP contribution in [0.3, 0.4) is 0 Å². The molecule has 0 bridgehead atoms. The van der Waals surface area contributed by atoms with Gasteiger partial charge in [-0.1, -0.05) is 29.8 Å². The lowest BCUT2D eigenvalue weighted by atomic mass is 10.1. The third-order valence-corrected chi connectivity index (χ3v) is 4.91. The van der Waals surface area contributed by atoms with E-state index in [1.165, 1.54) is 0 Å². The third kappa shape index (κ3) is 4.98. The van der Waals surface area contributed by atoms with E-state index in [9.17, 15) is 4.79 Å². The predicted octanol–water partition coefficient (Wildman–Crippen LogP) is 3.03. The number of aromatic nitrogens is 4. The second kappa shape index (κ2) is 9.25. The van der Waals surface area contributed by atoms with Gasteiger partial charge in [0.25, 0.3) is 5.91 Å². The van der Waals surface area contributed by atoms with Crippen LogP contribution in [-0.4, -0.2) is 39.4 Å². The maximum atomic E-state index is 12.3. The van der Waals surface area contributed by atoms with Crippen LogP contribution >= 0.6 is 0 Å². The van der Waals surface area contributed by atoms with E-state index in [0.29, 0.717) is 42.4 Å². The summed E-state index contributed by atoms with van der Waals surface area (Å²) >= 11 is 0. The highest BCUT2D eigenvalue weighted by atomic mass is 16.5. The number of hydrogen-bond donors (Lipinski definition) is 2. The molecule has 0 saturated carbocycles. The lowest BCUT2D eigenvalue weighted by Gasteiger charge is -2.08. The van der Waals surface area contributed by atoms with Crippen molar-refractivity contribution in [3.63, 3.8) is 0 Å². The zero-order chi connectivity index (χ0) is 21.6. The van der Waals surface area contributed by atoms with Gasteiger partial charge in [0.1, 0.15) is 11.6 Å². The number of aryl methyl sites for hydroxylation is 1. The number of hydrogen-bond acceptors (Lipinski definition) is 6. The SMILES string of the molecule is COc1ccc(CNc2ccc3nnc(CCNC(=O)c4ccc(C)cc4)n3n2)cc1. The average Bonchev–Trinajstić information content (AvgIpc) is 3.20. The topological polar surface area (TPSA) is 93.4 Å². The minimum atomic E-state index is -0.108. The average molecular weight is 416 g/mol. The van der Waals surface area contributed by atoms with Crippen LogP contribution in [0.5, 0.6) is 5.75 Å². The van der Waals surface area contributed by atoms with E-state index < -0.39 is 0 Å². The fourth-order valence-electron chi connectivity index (χ4n) is 3.11. The Morgan fingerprint density at radius 2 is 1.77 bits per heavy atom. The fourth-order valence-corrected chi connectivity index (χ4v) is 3.11. The highest BCUT2D eigenvalue weighted by molar-refractivity contribution is 5.94. The molecule has 0 saturated heterocycles. The Labute approximate surface area is 180 Å². The third-order valence-electron chi connectivity index (χ3n) is 4.91. The van der Waals surface area contributed by atoms with Crippen molar-refractivity contribution >= 4 is 17.4 Å². The first-order chi connectivity index (χ1) is 15.1. The van der Waals surface area contributed by atoms with Gasteiger partial charge in [0.2, 0.25) is 0 Å². The summed E-state index contributed by atoms with van der Waals surface area (Å²) in [5.41, 5.74) is 3.54. The molecule has 4 aromatic rings. The Morgan fingerprint density at radius 1 is 1.00 bits per heavy atom. The van der Waals surface area contributed by atoms with Gasteiger partial charge in [-0.2, -0.15) is 4.52 Å². The smallest absolute Gasteiger partial charge is 0.251 e. The predicted molar refractivity (Wildman–Crippen MR) is 118 cm³/mol. The number of fused-ring (bicyclic) bond motifs is 1. The number of anilines is 1. The van der Waals surface area contributed by atoms with Gasteiger partial charge in [0.15, 0.2) is 11.5 Å².